The van der Waals surface area contributed by atoms with Crippen LogP contribution in [0.25, 0.3) is 0 Å². The van der Waals surface area contributed by atoms with E-state index in [4.69, 9.17) is 9.97 Å². The smallest absolute Gasteiger partial charge is 0.185 e. The Hall–Kier alpha value is -2.54. The van der Waals surface area contributed by atoms with E-state index in [1.54, 1.807) is 0 Å². The van der Waals surface area contributed by atoms with Crippen LogP contribution in [0.15, 0.2) is 97.1 Å². The minimum absolute atomic E-state index is 0.186. The molecule has 1 aromatic heterocycles. The van der Waals surface area contributed by atoms with E-state index in [0.29, 0.717) is 37.8 Å². The standard InChI is InChI=1S/C34H24I4N6/c35-27-13-5-1-9-23(27)19-43(20-24-10-2-6-14-28(24)36)33-31(17-39)42-34(32(18-40)41-33)44(21-25-11-3-7-15-29(25)37)22-26-12-4-8-16-30(26)38/h1-16H,19-22H2. The fraction of sp³-hybridized carbons (Fsp3) is 0.118. The fourth-order valence-corrected chi connectivity index (χ4v) is 6.98. The molecule has 4 aromatic carbocycles. The molecule has 0 saturated carbocycles. The number of rotatable bonds is 10. The molecule has 218 valence electrons. The average Bonchev–Trinajstić information content (AvgIpc) is 3.03. The van der Waals surface area contributed by atoms with Gasteiger partial charge in [-0.25, -0.2) is 9.97 Å². The van der Waals surface area contributed by atoms with E-state index in [0.717, 1.165) is 36.5 Å². The maximum Gasteiger partial charge on any atom is 0.185 e. The van der Waals surface area contributed by atoms with E-state index in [9.17, 15) is 10.5 Å². The topological polar surface area (TPSA) is 79.8 Å². The van der Waals surface area contributed by atoms with Gasteiger partial charge in [0.2, 0.25) is 0 Å². The molecule has 10 heteroatoms. The lowest BCUT2D eigenvalue weighted by Crippen LogP contribution is -2.29. The molecule has 0 fully saturated rings. The summed E-state index contributed by atoms with van der Waals surface area (Å²) in [5, 5.41) is 20.9. The van der Waals surface area contributed by atoms with E-state index in [2.05, 4.69) is 161 Å². The predicted molar refractivity (Wildman–Crippen MR) is 208 cm³/mol. The van der Waals surface area contributed by atoms with Crippen molar-refractivity contribution in [2.45, 2.75) is 26.2 Å². The van der Waals surface area contributed by atoms with E-state index in [1.165, 1.54) is 0 Å². The van der Waals surface area contributed by atoms with Crippen molar-refractivity contribution in [2.24, 2.45) is 0 Å². The average molecular weight is 1020 g/mol. The van der Waals surface area contributed by atoms with Gasteiger partial charge in [-0.3, -0.25) is 0 Å². The fourth-order valence-electron chi connectivity index (χ4n) is 4.75. The molecule has 0 radical (unpaired) electrons. The molecule has 1 heterocycles. The zero-order valence-corrected chi connectivity index (χ0v) is 31.9. The Labute approximate surface area is 312 Å². The van der Waals surface area contributed by atoms with Crippen molar-refractivity contribution in [3.63, 3.8) is 0 Å². The van der Waals surface area contributed by atoms with Gasteiger partial charge < -0.3 is 9.80 Å². The lowest BCUT2D eigenvalue weighted by Gasteiger charge is -2.29. The summed E-state index contributed by atoms with van der Waals surface area (Å²) in [5.74, 6) is 0.797. The molecule has 0 aliphatic heterocycles. The van der Waals surface area contributed by atoms with Crippen LogP contribution in [0.2, 0.25) is 0 Å². The second-order valence-electron chi connectivity index (χ2n) is 9.87. The highest BCUT2D eigenvalue weighted by Gasteiger charge is 2.25. The molecule has 0 aliphatic carbocycles. The Morgan fingerprint density at radius 2 is 0.705 bits per heavy atom. The second-order valence-corrected chi connectivity index (χ2v) is 14.5. The quantitative estimate of drug-likeness (QED) is 0.130. The molecule has 6 nitrogen and oxygen atoms in total. The van der Waals surface area contributed by atoms with Crippen molar-refractivity contribution in [1.29, 1.82) is 10.5 Å². The predicted octanol–water partition coefficient (Wildman–Crippen LogP) is 9.05. The Morgan fingerprint density at radius 1 is 0.455 bits per heavy atom. The molecule has 0 amide bonds. The Morgan fingerprint density at radius 3 is 0.932 bits per heavy atom. The molecule has 5 rings (SSSR count). The van der Waals surface area contributed by atoms with Gasteiger partial charge in [0.25, 0.3) is 0 Å². The normalized spacial score (nSPS) is 10.6. The van der Waals surface area contributed by atoms with Crippen LogP contribution in [0.5, 0.6) is 0 Å². The van der Waals surface area contributed by atoms with Gasteiger partial charge in [-0.05, 0) is 137 Å². The number of aromatic nitrogens is 2. The number of anilines is 2. The lowest BCUT2D eigenvalue weighted by molar-refractivity contribution is 0.750. The van der Waals surface area contributed by atoms with Crippen molar-refractivity contribution in [3.05, 3.63) is 145 Å². The van der Waals surface area contributed by atoms with E-state index in [1.807, 2.05) is 48.5 Å². The summed E-state index contributed by atoms with van der Waals surface area (Å²) in [6.07, 6.45) is 0. The van der Waals surface area contributed by atoms with Gasteiger partial charge in [-0.2, -0.15) is 10.5 Å². The summed E-state index contributed by atoms with van der Waals surface area (Å²) in [6.45, 7) is 2.02. The second kappa shape index (κ2) is 15.6. The van der Waals surface area contributed by atoms with Crippen LogP contribution in [0.1, 0.15) is 33.6 Å². The van der Waals surface area contributed by atoms with Gasteiger partial charge in [0.05, 0.1) is 0 Å². The van der Waals surface area contributed by atoms with Crippen LogP contribution in [0.4, 0.5) is 11.6 Å². The maximum atomic E-state index is 10.5. The highest BCUT2D eigenvalue weighted by Crippen LogP contribution is 2.30. The molecule has 5 aromatic rings. The first-order chi connectivity index (χ1) is 21.4. The number of halogens is 4. The number of benzene rings is 4. The molecule has 0 saturated heterocycles. The zero-order chi connectivity index (χ0) is 31.1. The summed E-state index contributed by atoms with van der Waals surface area (Å²) in [5.41, 5.74) is 4.78. The SMILES string of the molecule is N#Cc1nc(N(Cc2ccccc2I)Cc2ccccc2I)c(C#N)nc1N(Cc1ccccc1I)Cc1ccccc1I. The van der Waals surface area contributed by atoms with Crippen LogP contribution in [0, 0.1) is 36.9 Å². The lowest BCUT2D eigenvalue weighted by atomic mass is 10.1. The molecule has 0 spiro atoms. The number of hydrogen-bond acceptors (Lipinski definition) is 6. The highest BCUT2D eigenvalue weighted by atomic mass is 127. The summed E-state index contributed by atoms with van der Waals surface area (Å²) in [6, 6.07) is 37.3. The molecule has 0 bridgehead atoms. The first-order valence-corrected chi connectivity index (χ1v) is 17.8. The molecule has 0 N–H and O–H groups in total. The molecule has 0 unspecified atom stereocenters. The van der Waals surface area contributed by atoms with E-state index >= 15 is 0 Å². The number of hydrogen-bond donors (Lipinski definition) is 0. The molecule has 0 atom stereocenters. The Kier molecular flexibility index (Phi) is 11.7. The maximum absolute atomic E-state index is 10.5. The molecular weight excluding hydrogens is 1000 g/mol. The first kappa shape index (κ1) is 32.8. The van der Waals surface area contributed by atoms with Crippen molar-refractivity contribution >= 4 is 102 Å². The van der Waals surface area contributed by atoms with Gasteiger partial charge >= 0.3 is 0 Å². The molecule has 44 heavy (non-hydrogen) atoms. The van der Waals surface area contributed by atoms with Crippen molar-refractivity contribution < 1.29 is 0 Å². The third-order valence-corrected chi connectivity index (χ3v) is 11.2. The highest BCUT2D eigenvalue weighted by molar-refractivity contribution is 14.1. The Balaban J connectivity index is 1.63. The third kappa shape index (κ3) is 7.99. The largest absolute Gasteiger partial charge is 0.345 e. The van der Waals surface area contributed by atoms with E-state index < -0.39 is 0 Å². The minimum atomic E-state index is 0.186. The third-order valence-electron chi connectivity index (χ3n) is 6.95. The van der Waals surface area contributed by atoms with Crippen molar-refractivity contribution in [1.82, 2.24) is 9.97 Å². The molecule has 0 aliphatic rings. The van der Waals surface area contributed by atoms with Gasteiger partial charge in [0.1, 0.15) is 12.1 Å². The van der Waals surface area contributed by atoms with Gasteiger partial charge in [-0.1, -0.05) is 72.8 Å². The zero-order valence-electron chi connectivity index (χ0n) is 23.3. The van der Waals surface area contributed by atoms with Crippen LogP contribution in [0.3, 0.4) is 0 Å². The summed E-state index contributed by atoms with van der Waals surface area (Å²) in [7, 11) is 0. The first-order valence-electron chi connectivity index (χ1n) is 13.5. The summed E-state index contributed by atoms with van der Waals surface area (Å²) >= 11 is 9.33. The monoisotopic (exact) mass is 1020 g/mol. The van der Waals surface area contributed by atoms with Crippen molar-refractivity contribution in [2.75, 3.05) is 9.80 Å². The van der Waals surface area contributed by atoms with Crippen LogP contribution < -0.4 is 9.80 Å². The minimum Gasteiger partial charge on any atom is -0.345 e. The number of nitrogens with zero attached hydrogens (tertiary/aromatic N) is 6. The summed E-state index contributed by atoms with van der Waals surface area (Å²) in [4.78, 5) is 13.9. The van der Waals surface area contributed by atoms with Gasteiger partial charge in [0.15, 0.2) is 23.0 Å². The van der Waals surface area contributed by atoms with Gasteiger partial charge in [-0.15, -0.1) is 0 Å². The van der Waals surface area contributed by atoms with Crippen molar-refractivity contribution in [3.8, 4) is 12.1 Å². The summed E-state index contributed by atoms with van der Waals surface area (Å²) < 4.78 is 4.45. The van der Waals surface area contributed by atoms with E-state index in [-0.39, 0.29) is 11.4 Å². The van der Waals surface area contributed by atoms with Crippen LogP contribution in [-0.2, 0) is 26.2 Å². The van der Waals surface area contributed by atoms with Crippen LogP contribution in [-0.4, -0.2) is 9.97 Å². The number of nitriles is 2. The van der Waals surface area contributed by atoms with Gasteiger partial charge in [0, 0.05) is 40.5 Å². The Bertz CT molecular complexity index is 1650. The molecular formula is C34H24I4N6. The van der Waals surface area contributed by atoms with Crippen LogP contribution >= 0.6 is 90.4 Å².